The van der Waals surface area contributed by atoms with Gasteiger partial charge in [0, 0.05) is 23.7 Å². The van der Waals surface area contributed by atoms with Gasteiger partial charge in [0.25, 0.3) is 0 Å². The molecule has 0 aliphatic carbocycles. The number of rotatable bonds is 8. The third-order valence-electron chi connectivity index (χ3n) is 4.69. The maximum atomic E-state index is 5.51. The molecule has 0 aliphatic heterocycles. The molecule has 0 aliphatic rings. The molecule has 0 amide bonds. The molecule has 1 N–H and O–H groups in total. The highest BCUT2D eigenvalue weighted by atomic mass is 32.1. The minimum absolute atomic E-state index is 0.160. The van der Waals surface area contributed by atoms with Gasteiger partial charge in [0.2, 0.25) is 0 Å². The van der Waals surface area contributed by atoms with Crippen LogP contribution in [0.4, 0.5) is 0 Å². The standard InChI is InChI=1S/C22H26N2O2S/c1-15-7-5-6-8-17(15)11-20(24-14-19-13-23-16(2)27-19)18-9-10-21(25-3)22(12-18)26-4/h5-10,12-13,20,24H,11,14H2,1-4H3. The number of aryl methyl sites for hydroxylation is 2. The second-order valence-electron chi connectivity index (χ2n) is 6.52. The predicted octanol–water partition coefficient (Wildman–Crippen LogP) is 4.85. The van der Waals surface area contributed by atoms with Crippen molar-refractivity contribution in [1.29, 1.82) is 0 Å². The van der Waals surface area contributed by atoms with Crippen molar-refractivity contribution in [2.45, 2.75) is 32.9 Å². The molecule has 0 saturated heterocycles. The summed E-state index contributed by atoms with van der Waals surface area (Å²) in [7, 11) is 3.33. The topological polar surface area (TPSA) is 43.4 Å². The lowest BCUT2D eigenvalue weighted by Crippen LogP contribution is -2.23. The number of nitrogens with zero attached hydrogens (tertiary/aromatic N) is 1. The maximum absolute atomic E-state index is 5.51. The van der Waals surface area contributed by atoms with Crippen LogP contribution in [0.3, 0.4) is 0 Å². The zero-order chi connectivity index (χ0) is 19.2. The van der Waals surface area contributed by atoms with Crippen molar-refractivity contribution in [3.63, 3.8) is 0 Å². The van der Waals surface area contributed by atoms with Crippen molar-refractivity contribution in [1.82, 2.24) is 10.3 Å². The number of hydrogen-bond donors (Lipinski definition) is 1. The van der Waals surface area contributed by atoms with Crippen molar-refractivity contribution in [3.05, 3.63) is 75.2 Å². The van der Waals surface area contributed by atoms with Crippen LogP contribution in [0.15, 0.2) is 48.7 Å². The van der Waals surface area contributed by atoms with Gasteiger partial charge in [-0.3, -0.25) is 0 Å². The number of methoxy groups -OCH3 is 2. The van der Waals surface area contributed by atoms with E-state index in [2.05, 4.69) is 53.6 Å². The molecule has 1 aromatic heterocycles. The van der Waals surface area contributed by atoms with Gasteiger partial charge >= 0.3 is 0 Å². The summed E-state index contributed by atoms with van der Waals surface area (Å²) in [6, 6.07) is 14.8. The first-order valence-electron chi connectivity index (χ1n) is 9.02. The molecule has 1 unspecified atom stereocenters. The SMILES string of the molecule is COc1ccc(C(Cc2ccccc2C)NCc2cnc(C)s2)cc1OC. The van der Waals surface area contributed by atoms with E-state index in [0.29, 0.717) is 0 Å². The summed E-state index contributed by atoms with van der Waals surface area (Å²) in [5.74, 6) is 1.49. The highest BCUT2D eigenvalue weighted by Crippen LogP contribution is 2.31. The first-order chi connectivity index (χ1) is 13.1. The lowest BCUT2D eigenvalue weighted by atomic mass is 9.95. The Hall–Kier alpha value is -2.37. The number of aromatic nitrogens is 1. The Morgan fingerprint density at radius 3 is 2.48 bits per heavy atom. The lowest BCUT2D eigenvalue weighted by molar-refractivity contribution is 0.353. The summed E-state index contributed by atoms with van der Waals surface area (Å²) in [4.78, 5) is 5.60. The molecule has 0 radical (unpaired) electrons. The van der Waals surface area contributed by atoms with Gasteiger partial charge in [-0.2, -0.15) is 0 Å². The molecule has 0 bridgehead atoms. The zero-order valence-corrected chi connectivity index (χ0v) is 17.1. The molecule has 142 valence electrons. The van der Waals surface area contributed by atoms with Gasteiger partial charge in [0.1, 0.15) is 0 Å². The van der Waals surface area contributed by atoms with Crippen LogP contribution in [0.5, 0.6) is 11.5 Å². The molecule has 1 atom stereocenters. The largest absolute Gasteiger partial charge is 0.493 e. The molecule has 5 heteroatoms. The van der Waals surface area contributed by atoms with Crippen LogP contribution in [0.2, 0.25) is 0 Å². The zero-order valence-electron chi connectivity index (χ0n) is 16.3. The van der Waals surface area contributed by atoms with Crippen LogP contribution >= 0.6 is 11.3 Å². The van der Waals surface area contributed by atoms with Crippen molar-refractivity contribution in [2.75, 3.05) is 14.2 Å². The van der Waals surface area contributed by atoms with E-state index in [0.717, 1.165) is 29.5 Å². The lowest BCUT2D eigenvalue weighted by Gasteiger charge is -2.21. The molecule has 27 heavy (non-hydrogen) atoms. The first-order valence-corrected chi connectivity index (χ1v) is 9.83. The van der Waals surface area contributed by atoms with Crippen LogP contribution in [0.25, 0.3) is 0 Å². The fourth-order valence-electron chi connectivity index (χ4n) is 3.15. The Kier molecular flexibility index (Phi) is 6.48. The molecule has 3 rings (SSSR count). The van der Waals surface area contributed by atoms with Gasteiger partial charge in [0.15, 0.2) is 11.5 Å². The minimum Gasteiger partial charge on any atom is -0.493 e. The van der Waals surface area contributed by atoms with E-state index in [9.17, 15) is 0 Å². The Morgan fingerprint density at radius 2 is 1.81 bits per heavy atom. The van der Waals surface area contributed by atoms with E-state index in [1.165, 1.54) is 21.6 Å². The molecule has 0 spiro atoms. The van der Waals surface area contributed by atoms with Gasteiger partial charge in [-0.1, -0.05) is 30.3 Å². The predicted molar refractivity (Wildman–Crippen MR) is 111 cm³/mol. The van der Waals surface area contributed by atoms with Crippen LogP contribution in [0.1, 0.15) is 32.6 Å². The summed E-state index contributed by atoms with van der Waals surface area (Å²) in [6.07, 6.45) is 2.85. The van der Waals surface area contributed by atoms with Crippen LogP contribution in [-0.2, 0) is 13.0 Å². The Labute approximate surface area is 165 Å². The number of ether oxygens (including phenoxy) is 2. The first kappa shape index (κ1) is 19.4. The Morgan fingerprint density at radius 1 is 1.04 bits per heavy atom. The van der Waals surface area contributed by atoms with Crippen molar-refractivity contribution in [3.8, 4) is 11.5 Å². The van der Waals surface area contributed by atoms with E-state index >= 15 is 0 Å². The van der Waals surface area contributed by atoms with Crippen LogP contribution < -0.4 is 14.8 Å². The fraction of sp³-hybridized carbons (Fsp3) is 0.318. The van der Waals surface area contributed by atoms with Gasteiger partial charge < -0.3 is 14.8 Å². The maximum Gasteiger partial charge on any atom is 0.161 e. The Bertz CT molecular complexity index is 892. The van der Waals surface area contributed by atoms with E-state index in [-0.39, 0.29) is 6.04 Å². The monoisotopic (exact) mass is 382 g/mol. The summed E-state index contributed by atoms with van der Waals surface area (Å²) < 4.78 is 10.9. The second kappa shape index (κ2) is 9.02. The summed E-state index contributed by atoms with van der Waals surface area (Å²) in [5.41, 5.74) is 3.82. The molecule has 3 aromatic rings. The quantitative estimate of drug-likeness (QED) is 0.605. The van der Waals surface area contributed by atoms with Crippen LogP contribution in [-0.4, -0.2) is 19.2 Å². The van der Waals surface area contributed by atoms with Crippen molar-refractivity contribution >= 4 is 11.3 Å². The van der Waals surface area contributed by atoms with Crippen LogP contribution in [0, 0.1) is 13.8 Å². The fourth-order valence-corrected chi connectivity index (χ4v) is 3.89. The minimum atomic E-state index is 0.160. The average molecular weight is 383 g/mol. The van der Waals surface area contributed by atoms with E-state index < -0.39 is 0 Å². The molecular weight excluding hydrogens is 356 g/mol. The molecule has 1 heterocycles. The number of hydrogen-bond acceptors (Lipinski definition) is 5. The highest BCUT2D eigenvalue weighted by molar-refractivity contribution is 7.11. The summed E-state index contributed by atoms with van der Waals surface area (Å²) >= 11 is 1.73. The van der Waals surface area contributed by atoms with E-state index in [1.54, 1.807) is 25.6 Å². The van der Waals surface area contributed by atoms with Gasteiger partial charge in [-0.25, -0.2) is 4.98 Å². The van der Waals surface area contributed by atoms with E-state index in [1.807, 2.05) is 19.2 Å². The van der Waals surface area contributed by atoms with Gasteiger partial charge in [-0.15, -0.1) is 11.3 Å². The Balaban J connectivity index is 1.87. The number of nitrogens with one attached hydrogen (secondary N) is 1. The van der Waals surface area contributed by atoms with E-state index in [4.69, 9.17) is 9.47 Å². The smallest absolute Gasteiger partial charge is 0.161 e. The number of benzene rings is 2. The normalized spacial score (nSPS) is 12.0. The van der Waals surface area contributed by atoms with Gasteiger partial charge in [0.05, 0.1) is 19.2 Å². The van der Waals surface area contributed by atoms with Gasteiger partial charge in [-0.05, 0) is 49.1 Å². The third-order valence-corrected chi connectivity index (χ3v) is 5.60. The molecule has 2 aromatic carbocycles. The third kappa shape index (κ3) is 4.87. The summed E-state index contributed by atoms with van der Waals surface area (Å²) in [6.45, 7) is 4.98. The average Bonchev–Trinajstić information content (AvgIpc) is 3.11. The highest BCUT2D eigenvalue weighted by Gasteiger charge is 2.16. The molecule has 0 saturated carbocycles. The van der Waals surface area contributed by atoms with Crippen molar-refractivity contribution < 1.29 is 9.47 Å². The molecule has 0 fully saturated rings. The summed E-state index contributed by atoms with van der Waals surface area (Å²) in [5, 5.41) is 4.80. The number of thiazole rings is 1. The van der Waals surface area contributed by atoms with Crippen molar-refractivity contribution in [2.24, 2.45) is 0 Å². The molecular formula is C22H26N2O2S. The second-order valence-corrected chi connectivity index (χ2v) is 7.84. The molecule has 4 nitrogen and oxygen atoms in total.